The molecule has 0 amide bonds. The van der Waals surface area contributed by atoms with Crippen molar-refractivity contribution in [2.75, 3.05) is 0 Å². The van der Waals surface area contributed by atoms with Crippen molar-refractivity contribution in [1.29, 1.82) is 0 Å². The summed E-state index contributed by atoms with van der Waals surface area (Å²) in [7, 11) is 0. The number of hydrogen-bond acceptors (Lipinski definition) is 2. The van der Waals surface area contributed by atoms with Crippen molar-refractivity contribution in [3.63, 3.8) is 0 Å². The van der Waals surface area contributed by atoms with Gasteiger partial charge in [-0.2, -0.15) is 0 Å². The van der Waals surface area contributed by atoms with Gasteiger partial charge in [-0.3, -0.25) is 0 Å². The molecular formula is C7H9N2. The van der Waals surface area contributed by atoms with Crippen LogP contribution < -0.4 is 0 Å². The van der Waals surface area contributed by atoms with E-state index in [0.717, 1.165) is 11.3 Å². The lowest BCUT2D eigenvalue weighted by Crippen LogP contribution is -1.88. The van der Waals surface area contributed by atoms with Crippen molar-refractivity contribution in [1.82, 2.24) is 9.97 Å². The Morgan fingerprint density at radius 3 is 2.78 bits per heavy atom. The molecule has 0 aliphatic rings. The first-order chi connectivity index (χ1) is 4.34. The minimum atomic E-state index is 1.03. The van der Waals surface area contributed by atoms with Crippen molar-refractivity contribution in [2.24, 2.45) is 0 Å². The van der Waals surface area contributed by atoms with Crippen LogP contribution in [0.3, 0.4) is 0 Å². The van der Waals surface area contributed by atoms with Gasteiger partial charge in [-0.25, -0.2) is 9.97 Å². The SMILES string of the molecule is C[CH]c1cncnc1C. The molecule has 1 rings (SSSR count). The summed E-state index contributed by atoms with van der Waals surface area (Å²) in [5, 5.41) is 0. The van der Waals surface area contributed by atoms with Gasteiger partial charge in [0.25, 0.3) is 0 Å². The Labute approximate surface area is 55.0 Å². The van der Waals surface area contributed by atoms with Crippen LogP contribution in [0.5, 0.6) is 0 Å². The Kier molecular flexibility index (Phi) is 1.78. The maximum atomic E-state index is 4.01. The van der Waals surface area contributed by atoms with Crippen molar-refractivity contribution < 1.29 is 0 Å². The van der Waals surface area contributed by atoms with E-state index in [2.05, 4.69) is 9.97 Å². The Balaban J connectivity index is 3.01. The number of nitrogens with zero attached hydrogens (tertiary/aromatic N) is 2. The summed E-state index contributed by atoms with van der Waals surface area (Å²) in [6.45, 7) is 3.95. The van der Waals surface area contributed by atoms with Crippen LogP contribution in [0.1, 0.15) is 18.2 Å². The van der Waals surface area contributed by atoms with Gasteiger partial charge in [0, 0.05) is 11.9 Å². The highest BCUT2D eigenvalue weighted by atomic mass is 14.8. The van der Waals surface area contributed by atoms with E-state index in [1.807, 2.05) is 26.5 Å². The summed E-state index contributed by atoms with van der Waals surface area (Å²) in [4.78, 5) is 7.88. The molecule has 1 heterocycles. The standard InChI is InChI=1S/C7H9N2/c1-3-7-4-8-5-9-6(7)2/h3-5H,1-2H3. The van der Waals surface area contributed by atoms with E-state index in [1.54, 1.807) is 6.33 Å². The van der Waals surface area contributed by atoms with Crippen LogP contribution >= 0.6 is 0 Å². The van der Waals surface area contributed by atoms with E-state index in [-0.39, 0.29) is 0 Å². The second-order valence-electron chi connectivity index (χ2n) is 1.85. The van der Waals surface area contributed by atoms with Gasteiger partial charge in [-0.05, 0) is 18.9 Å². The monoisotopic (exact) mass is 121 g/mol. The molecule has 0 bridgehead atoms. The van der Waals surface area contributed by atoms with Gasteiger partial charge >= 0.3 is 0 Å². The molecule has 0 N–H and O–H groups in total. The van der Waals surface area contributed by atoms with Gasteiger partial charge in [0.2, 0.25) is 0 Å². The smallest absolute Gasteiger partial charge is 0.115 e. The fraction of sp³-hybridized carbons (Fsp3) is 0.286. The zero-order valence-electron chi connectivity index (χ0n) is 5.63. The van der Waals surface area contributed by atoms with Crippen molar-refractivity contribution in [3.05, 3.63) is 30.2 Å². The quantitative estimate of drug-likeness (QED) is 0.560. The van der Waals surface area contributed by atoms with Crippen molar-refractivity contribution in [3.8, 4) is 0 Å². The predicted molar refractivity (Wildman–Crippen MR) is 35.8 cm³/mol. The highest BCUT2D eigenvalue weighted by molar-refractivity contribution is 5.21. The Hall–Kier alpha value is -0.920. The maximum Gasteiger partial charge on any atom is 0.115 e. The first kappa shape index (κ1) is 6.20. The predicted octanol–water partition coefficient (Wildman–Crippen LogP) is 1.36. The summed E-state index contributed by atoms with van der Waals surface area (Å²) in [5.74, 6) is 0. The minimum Gasteiger partial charge on any atom is -0.245 e. The lowest BCUT2D eigenvalue weighted by molar-refractivity contribution is 1.07. The molecule has 0 fully saturated rings. The second-order valence-corrected chi connectivity index (χ2v) is 1.85. The van der Waals surface area contributed by atoms with Crippen LogP contribution in [0, 0.1) is 13.3 Å². The zero-order valence-corrected chi connectivity index (χ0v) is 5.63. The summed E-state index contributed by atoms with van der Waals surface area (Å²) < 4.78 is 0. The average Bonchev–Trinajstić information content (AvgIpc) is 1.89. The third-order valence-corrected chi connectivity index (χ3v) is 1.26. The lowest BCUT2D eigenvalue weighted by atomic mass is 10.2. The van der Waals surface area contributed by atoms with E-state index in [4.69, 9.17) is 0 Å². The first-order valence-electron chi connectivity index (χ1n) is 2.90. The van der Waals surface area contributed by atoms with Crippen LogP contribution in [0.15, 0.2) is 12.5 Å². The van der Waals surface area contributed by atoms with Crippen LogP contribution in [-0.4, -0.2) is 9.97 Å². The van der Waals surface area contributed by atoms with Gasteiger partial charge < -0.3 is 0 Å². The summed E-state index contributed by atoms with van der Waals surface area (Å²) in [6, 6.07) is 0. The molecule has 0 aliphatic carbocycles. The van der Waals surface area contributed by atoms with Crippen LogP contribution in [-0.2, 0) is 0 Å². The fourth-order valence-electron chi connectivity index (χ4n) is 0.685. The molecule has 0 aromatic carbocycles. The Morgan fingerprint density at radius 2 is 2.33 bits per heavy atom. The van der Waals surface area contributed by atoms with E-state index in [1.165, 1.54) is 0 Å². The maximum absolute atomic E-state index is 4.01. The summed E-state index contributed by atoms with van der Waals surface area (Å²) in [6.07, 6.45) is 5.36. The largest absolute Gasteiger partial charge is 0.245 e. The third-order valence-electron chi connectivity index (χ3n) is 1.26. The average molecular weight is 121 g/mol. The first-order valence-corrected chi connectivity index (χ1v) is 2.90. The van der Waals surface area contributed by atoms with E-state index < -0.39 is 0 Å². The summed E-state index contributed by atoms with van der Waals surface area (Å²) in [5.41, 5.74) is 2.14. The molecule has 2 nitrogen and oxygen atoms in total. The topological polar surface area (TPSA) is 25.8 Å². The molecule has 1 aromatic heterocycles. The molecule has 1 radical (unpaired) electrons. The Bertz CT molecular complexity index is 196. The zero-order chi connectivity index (χ0) is 6.69. The second kappa shape index (κ2) is 2.58. The van der Waals surface area contributed by atoms with E-state index in [0.29, 0.717) is 0 Å². The van der Waals surface area contributed by atoms with Crippen LogP contribution in [0.4, 0.5) is 0 Å². The van der Waals surface area contributed by atoms with Crippen molar-refractivity contribution >= 4 is 0 Å². The highest BCUT2D eigenvalue weighted by Gasteiger charge is 1.92. The van der Waals surface area contributed by atoms with E-state index >= 15 is 0 Å². The van der Waals surface area contributed by atoms with Gasteiger partial charge in [0.1, 0.15) is 6.33 Å². The normalized spacial score (nSPS) is 9.56. The number of hydrogen-bond donors (Lipinski definition) is 0. The lowest BCUT2D eigenvalue weighted by Gasteiger charge is -1.96. The molecule has 2 heteroatoms. The third kappa shape index (κ3) is 1.25. The highest BCUT2D eigenvalue weighted by Crippen LogP contribution is 2.02. The molecule has 0 saturated carbocycles. The molecule has 0 spiro atoms. The van der Waals surface area contributed by atoms with Gasteiger partial charge in [-0.15, -0.1) is 0 Å². The van der Waals surface area contributed by atoms with Crippen LogP contribution in [0.2, 0.25) is 0 Å². The molecular weight excluding hydrogens is 112 g/mol. The molecule has 0 aliphatic heterocycles. The van der Waals surface area contributed by atoms with Crippen molar-refractivity contribution in [2.45, 2.75) is 13.8 Å². The fourth-order valence-corrected chi connectivity index (χ4v) is 0.685. The van der Waals surface area contributed by atoms with Gasteiger partial charge in [-0.1, -0.05) is 6.92 Å². The molecule has 9 heavy (non-hydrogen) atoms. The molecule has 0 saturated heterocycles. The summed E-state index contributed by atoms with van der Waals surface area (Å²) >= 11 is 0. The van der Waals surface area contributed by atoms with Crippen LogP contribution in [0.25, 0.3) is 0 Å². The molecule has 0 atom stereocenters. The molecule has 1 aromatic rings. The van der Waals surface area contributed by atoms with E-state index in [9.17, 15) is 0 Å². The number of rotatable bonds is 1. The molecule has 0 unspecified atom stereocenters. The Morgan fingerprint density at radius 1 is 1.56 bits per heavy atom. The number of aryl methyl sites for hydroxylation is 1. The molecule has 47 valence electrons. The van der Waals surface area contributed by atoms with Gasteiger partial charge in [0.15, 0.2) is 0 Å². The van der Waals surface area contributed by atoms with Gasteiger partial charge in [0.05, 0.1) is 0 Å². The minimum absolute atomic E-state index is 1.03. The number of aromatic nitrogens is 2.